The van der Waals surface area contributed by atoms with Gasteiger partial charge in [-0.15, -0.1) is 0 Å². The Kier molecular flexibility index (Phi) is 4.95. The SMILES string of the molecule is O=C(CCc1cccc([N+](=O)[O-])c1)N1CCC(O)(C(=O)O)CC1. The number of aryl methyl sites for hydroxylation is 1. The number of carbonyl (C=O) groups excluding carboxylic acids is 1. The molecule has 0 spiro atoms. The highest BCUT2D eigenvalue weighted by atomic mass is 16.6. The van der Waals surface area contributed by atoms with E-state index in [0.717, 1.165) is 0 Å². The van der Waals surface area contributed by atoms with Crippen molar-refractivity contribution in [2.45, 2.75) is 31.3 Å². The van der Waals surface area contributed by atoms with Gasteiger partial charge >= 0.3 is 5.97 Å². The molecule has 0 aromatic heterocycles. The maximum atomic E-state index is 12.1. The highest BCUT2D eigenvalue weighted by Crippen LogP contribution is 2.23. The van der Waals surface area contributed by atoms with Crippen molar-refractivity contribution >= 4 is 17.6 Å². The van der Waals surface area contributed by atoms with E-state index >= 15 is 0 Å². The van der Waals surface area contributed by atoms with Gasteiger partial charge in [0, 0.05) is 44.5 Å². The molecule has 1 aliphatic rings. The van der Waals surface area contributed by atoms with E-state index in [9.17, 15) is 24.8 Å². The first kappa shape index (κ1) is 16.9. The first-order valence-corrected chi connectivity index (χ1v) is 7.29. The molecule has 0 saturated carbocycles. The molecule has 1 heterocycles. The number of piperidine rings is 1. The zero-order chi connectivity index (χ0) is 17.0. The molecular weight excluding hydrogens is 304 g/mol. The van der Waals surface area contributed by atoms with Crippen molar-refractivity contribution in [3.8, 4) is 0 Å². The topological polar surface area (TPSA) is 121 Å². The summed E-state index contributed by atoms with van der Waals surface area (Å²) in [4.78, 5) is 34.8. The summed E-state index contributed by atoms with van der Waals surface area (Å²) in [5.41, 5.74) is -1.07. The zero-order valence-electron chi connectivity index (χ0n) is 12.5. The van der Waals surface area contributed by atoms with Gasteiger partial charge in [0.15, 0.2) is 5.60 Å². The van der Waals surface area contributed by atoms with Crippen molar-refractivity contribution in [2.75, 3.05) is 13.1 Å². The second-order valence-corrected chi connectivity index (χ2v) is 5.64. The summed E-state index contributed by atoms with van der Waals surface area (Å²) in [6.07, 6.45) is 0.572. The smallest absolute Gasteiger partial charge is 0.335 e. The van der Waals surface area contributed by atoms with E-state index in [2.05, 4.69) is 0 Å². The number of carboxylic acid groups (broad SMARTS) is 1. The molecule has 0 radical (unpaired) electrons. The second kappa shape index (κ2) is 6.74. The number of carbonyl (C=O) groups is 2. The molecule has 1 aliphatic heterocycles. The predicted octanol–water partition coefficient (Wildman–Crippen LogP) is 0.966. The predicted molar refractivity (Wildman–Crippen MR) is 79.8 cm³/mol. The van der Waals surface area contributed by atoms with Crippen LogP contribution < -0.4 is 0 Å². The van der Waals surface area contributed by atoms with Gasteiger partial charge in [0.2, 0.25) is 5.91 Å². The fraction of sp³-hybridized carbons (Fsp3) is 0.467. The van der Waals surface area contributed by atoms with Crippen molar-refractivity contribution in [1.82, 2.24) is 4.90 Å². The van der Waals surface area contributed by atoms with E-state index in [1.54, 1.807) is 12.1 Å². The highest BCUT2D eigenvalue weighted by Gasteiger charge is 2.40. The number of aliphatic hydroxyl groups is 1. The Labute approximate surface area is 132 Å². The summed E-state index contributed by atoms with van der Waals surface area (Å²) in [6.45, 7) is 0.382. The average molecular weight is 322 g/mol. The third-order valence-electron chi connectivity index (χ3n) is 4.09. The van der Waals surface area contributed by atoms with Gasteiger partial charge < -0.3 is 15.1 Å². The van der Waals surface area contributed by atoms with E-state index < -0.39 is 16.5 Å². The zero-order valence-corrected chi connectivity index (χ0v) is 12.5. The number of rotatable bonds is 5. The number of nitro groups is 1. The molecule has 1 aromatic rings. The minimum absolute atomic E-state index is 0.00484. The molecule has 23 heavy (non-hydrogen) atoms. The van der Waals surface area contributed by atoms with Crippen LogP contribution >= 0.6 is 0 Å². The van der Waals surface area contributed by atoms with Crippen LogP contribution in [0.15, 0.2) is 24.3 Å². The average Bonchev–Trinajstić information content (AvgIpc) is 2.53. The van der Waals surface area contributed by atoms with E-state index in [1.165, 1.54) is 17.0 Å². The Morgan fingerprint density at radius 2 is 1.96 bits per heavy atom. The number of aliphatic carboxylic acids is 1. The number of hydrogen-bond donors (Lipinski definition) is 2. The maximum Gasteiger partial charge on any atom is 0.335 e. The summed E-state index contributed by atoms with van der Waals surface area (Å²) >= 11 is 0. The van der Waals surface area contributed by atoms with Crippen LogP contribution in [0.1, 0.15) is 24.8 Å². The molecule has 0 unspecified atom stereocenters. The number of nitrogens with zero attached hydrogens (tertiary/aromatic N) is 2. The van der Waals surface area contributed by atoms with Crippen LogP contribution in [-0.4, -0.2) is 50.6 Å². The molecule has 8 nitrogen and oxygen atoms in total. The first-order chi connectivity index (χ1) is 10.8. The third kappa shape index (κ3) is 4.04. The van der Waals surface area contributed by atoms with Crippen LogP contribution in [0.25, 0.3) is 0 Å². The molecule has 8 heteroatoms. The summed E-state index contributed by atoms with van der Waals surface area (Å²) in [5.74, 6) is -1.41. The van der Waals surface area contributed by atoms with Gasteiger partial charge in [0.25, 0.3) is 5.69 Å². The Morgan fingerprint density at radius 1 is 1.30 bits per heavy atom. The molecule has 1 fully saturated rings. The second-order valence-electron chi connectivity index (χ2n) is 5.64. The summed E-state index contributed by atoms with van der Waals surface area (Å²) in [6, 6.07) is 6.13. The number of carboxylic acids is 1. The van der Waals surface area contributed by atoms with Crippen LogP contribution in [0, 0.1) is 10.1 Å². The molecule has 0 bridgehead atoms. The minimum Gasteiger partial charge on any atom is -0.479 e. The van der Waals surface area contributed by atoms with Crippen LogP contribution in [0.5, 0.6) is 0 Å². The molecular formula is C15H18N2O6. The van der Waals surface area contributed by atoms with Crippen molar-refractivity contribution in [1.29, 1.82) is 0 Å². The minimum atomic E-state index is -1.75. The lowest BCUT2D eigenvalue weighted by Crippen LogP contribution is -2.50. The lowest BCUT2D eigenvalue weighted by Gasteiger charge is -2.35. The molecule has 2 N–H and O–H groups in total. The molecule has 1 saturated heterocycles. The summed E-state index contributed by atoms with van der Waals surface area (Å²) in [5, 5.41) is 29.5. The molecule has 124 valence electrons. The first-order valence-electron chi connectivity index (χ1n) is 7.29. The van der Waals surface area contributed by atoms with Gasteiger partial charge in [-0.2, -0.15) is 0 Å². The van der Waals surface area contributed by atoms with Crippen LogP contribution in [0.4, 0.5) is 5.69 Å². The number of amides is 1. The molecule has 1 aromatic carbocycles. The number of non-ortho nitro benzene ring substituents is 1. The molecule has 0 aliphatic carbocycles. The molecule has 0 atom stereocenters. The van der Waals surface area contributed by atoms with Gasteiger partial charge in [0.1, 0.15) is 0 Å². The van der Waals surface area contributed by atoms with Crippen molar-refractivity contribution < 1.29 is 24.7 Å². The van der Waals surface area contributed by atoms with Gasteiger partial charge in [0.05, 0.1) is 4.92 Å². The van der Waals surface area contributed by atoms with Gasteiger partial charge in [-0.3, -0.25) is 14.9 Å². The quantitative estimate of drug-likeness (QED) is 0.615. The monoisotopic (exact) mass is 322 g/mol. The summed E-state index contributed by atoms with van der Waals surface area (Å²) < 4.78 is 0. The largest absolute Gasteiger partial charge is 0.479 e. The van der Waals surface area contributed by atoms with Gasteiger partial charge in [-0.25, -0.2) is 4.79 Å². The Bertz CT molecular complexity index is 622. The van der Waals surface area contributed by atoms with Crippen molar-refractivity contribution in [3.05, 3.63) is 39.9 Å². The Hall–Kier alpha value is -2.48. The normalized spacial score (nSPS) is 16.8. The van der Waals surface area contributed by atoms with Crippen LogP contribution in [0.3, 0.4) is 0 Å². The summed E-state index contributed by atoms with van der Waals surface area (Å²) in [7, 11) is 0. The van der Waals surface area contributed by atoms with E-state index in [-0.39, 0.29) is 43.9 Å². The lowest BCUT2D eigenvalue weighted by atomic mass is 9.91. The standard InChI is InChI=1S/C15H18N2O6/c18-13(16-8-6-15(21,7-9-16)14(19)20)5-4-11-2-1-3-12(10-11)17(22)23/h1-3,10,21H,4-9H2,(H,19,20). The van der Waals surface area contributed by atoms with Crippen LogP contribution in [0.2, 0.25) is 0 Å². The fourth-order valence-electron chi connectivity index (χ4n) is 2.57. The number of nitro benzene ring substituents is 1. The molecule has 2 rings (SSSR count). The third-order valence-corrected chi connectivity index (χ3v) is 4.09. The Balaban J connectivity index is 1.88. The maximum absolute atomic E-state index is 12.1. The van der Waals surface area contributed by atoms with Crippen molar-refractivity contribution in [3.63, 3.8) is 0 Å². The Morgan fingerprint density at radius 3 is 2.52 bits per heavy atom. The lowest BCUT2D eigenvalue weighted by molar-refractivity contribution is -0.384. The number of likely N-dealkylation sites (tertiary alicyclic amines) is 1. The van der Waals surface area contributed by atoms with Gasteiger partial charge in [-0.1, -0.05) is 12.1 Å². The number of hydrogen-bond acceptors (Lipinski definition) is 5. The van der Waals surface area contributed by atoms with Crippen LogP contribution in [-0.2, 0) is 16.0 Å². The fourth-order valence-corrected chi connectivity index (χ4v) is 2.57. The van der Waals surface area contributed by atoms with E-state index in [4.69, 9.17) is 5.11 Å². The van der Waals surface area contributed by atoms with E-state index in [0.29, 0.717) is 12.0 Å². The number of benzene rings is 1. The molecule has 1 amide bonds. The van der Waals surface area contributed by atoms with Gasteiger partial charge in [-0.05, 0) is 12.0 Å². The highest BCUT2D eigenvalue weighted by molar-refractivity contribution is 5.79. The van der Waals surface area contributed by atoms with Crippen molar-refractivity contribution in [2.24, 2.45) is 0 Å². The van der Waals surface area contributed by atoms with E-state index in [1.807, 2.05) is 0 Å².